The molecule has 1 N–H and O–H groups in total. The minimum absolute atomic E-state index is 0.198. The first kappa shape index (κ1) is 10.6. The second-order valence-electron chi connectivity index (χ2n) is 3.28. The molecule has 1 fully saturated rings. The van der Waals surface area contributed by atoms with Crippen LogP contribution in [0.1, 0.15) is 19.8 Å². The minimum Gasteiger partial charge on any atom is -0.481 e. The fraction of sp³-hybridized carbons (Fsp3) is 0.600. The summed E-state index contributed by atoms with van der Waals surface area (Å²) in [5.41, 5.74) is 0. The Hall–Kier alpha value is -1.50. The Morgan fingerprint density at radius 2 is 1.93 bits per heavy atom. The molecule has 1 aliphatic rings. The van der Waals surface area contributed by atoms with Gasteiger partial charge in [0.2, 0.25) is 0 Å². The fourth-order valence-corrected chi connectivity index (χ4v) is 1.52. The predicted molar refractivity (Wildman–Crippen MR) is 50.4 cm³/mol. The molecule has 14 heavy (non-hydrogen) atoms. The van der Waals surface area contributed by atoms with Crippen LogP contribution in [0.4, 0.5) is 0 Å². The van der Waals surface area contributed by atoms with Crippen LogP contribution in [0.5, 0.6) is 0 Å². The third-order valence-corrected chi connectivity index (χ3v) is 2.36. The number of carboxylic acids is 1. The van der Waals surface area contributed by atoms with E-state index in [0.717, 1.165) is 0 Å². The summed E-state index contributed by atoms with van der Waals surface area (Å²) in [6.45, 7) is 2.62. The smallest absolute Gasteiger partial charge is 0.306 e. The fourth-order valence-electron chi connectivity index (χ4n) is 1.52. The maximum Gasteiger partial charge on any atom is 0.306 e. The largest absolute Gasteiger partial charge is 0.481 e. The summed E-state index contributed by atoms with van der Waals surface area (Å²) in [6, 6.07) is 0. The van der Waals surface area contributed by atoms with E-state index >= 15 is 0 Å². The van der Waals surface area contributed by atoms with E-state index < -0.39 is 5.97 Å². The summed E-state index contributed by atoms with van der Waals surface area (Å²) in [4.78, 5) is 23.5. The molecule has 0 aromatic rings. The number of likely N-dealkylation sites (tertiary alicyclic amines) is 1. The third-order valence-electron chi connectivity index (χ3n) is 2.36. The van der Waals surface area contributed by atoms with Crippen molar-refractivity contribution in [1.29, 1.82) is 0 Å². The lowest BCUT2D eigenvalue weighted by Crippen LogP contribution is -2.39. The van der Waals surface area contributed by atoms with Crippen molar-refractivity contribution in [3.05, 3.63) is 0 Å². The Labute approximate surface area is 82.9 Å². The highest BCUT2D eigenvalue weighted by atomic mass is 16.4. The SMILES string of the molecule is CC#CC(=O)N1CCC(C(=O)O)CC1. The molecule has 0 atom stereocenters. The van der Waals surface area contributed by atoms with Crippen molar-refractivity contribution in [2.75, 3.05) is 13.1 Å². The van der Waals surface area contributed by atoms with E-state index in [1.54, 1.807) is 11.8 Å². The predicted octanol–water partition coefficient (Wildman–Crippen LogP) is 0.333. The number of rotatable bonds is 1. The van der Waals surface area contributed by atoms with Crippen LogP contribution in [0.25, 0.3) is 0 Å². The number of piperidine rings is 1. The van der Waals surface area contributed by atoms with Gasteiger partial charge in [0.05, 0.1) is 5.92 Å². The van der Waals surface area contributed by atoms with Crippen LogP contribution in [0.2, 0.25) is 0 Å². The average molecular weight is 195 g/mol. The summed E-state index contributed by atoms with van der Waals surface area (Å²) in [5.74, 6) is 3.73. The van der Waals surface area contributed by atoms with Gasteiger partial charge >= 0.3 is 5.97 Å². The quantitative estimate of drug-likeness (QED) is 0.613. The van der Waals surface area contributed by atoms with Crippen molar-refractivity contribution in [3.8, 4) is 11.8 Å². The number of hydrogen-bond acceptors (Lipinski definition) is 2. The molecule has 0 radical (unpaired) electrons. The molecule has 1 amide bonds. The van der Waals surface area contributed by atoms with E-state index in [2.05, 4.69) is 11.8 Å². The van der Waals surface area contributed by atoms with E-state index in [1.165, 1.54) is 0 Å². The van der Waals surface area contributed by atoms with E-state index in [9.17, 15) is 9.59 Å². The number of carbonyl (C=O) groups is 2. The van der Waals surface area contributed by atoms with E-state index in [1.807, 2.05) is 0 Å². The molecule has 0 bridgehead atoms. The lowest BCUT2D eigenvalue weighted by molar-refractivity contribution is -0.144. The Bertz CT molecular complexity index is 292. The monoisotopic (exact) mass is 195 g/mol. The Morgan fingerprint density at radius 1 is 1.36 bits per heavy atom. The number of carbonyl (C=O) groups excluding carboxylic acids is 1. The summed E-state index contributed by atoms with van der Waals surface area (Å²) in [7, 11) is 0. The van der Waals surface area contributed by atoms with Crippen molar-refractivity contribution >= 4 is 11.9 Å². The van der Waals surface area contributed by atoms with E-state index in [0.29, 0.717) is 25.9 Å². The van der Waals surface area contributed by atoms with Gasteiger partial charge in [-0.15, -0.1) is 0 Å². The zero-order valence-electron chi connectivity index (χ0n) is 8.12. The van der Waals surface area contributed by atoms with Crippen LogP contribution in [0.15, 0.2) is 0 Å². The van der Waals surface area contributed by atoms with Gasteiger partial charge in [-0.05, 0) is 25.7 Å². The topological polar surface area (TPSA) is 57.6 Å². The Balaban J connectivity index is 2.45. The summed E-state index contributed by atoms with van der Waals surface area (Å²) < 4.78 is 0. The average Bonchev–Trinajstić information content (AvgIpc) is 2.18. The molecule has 1 heterocycles. The highest BCUT2D eigenvalue weighted by Gasteiger charge is 2.26. The molecule has 4 nitrogen and oxygen atoms in total. The molecule has 1 rings (SSSR count). The van der Waals surface area contributed by atoms with E-state index in [4.69, 9.17) is 5.11 Å². The number of amides is 1. The van der Waals surface area contributed by atoms with Gasteiger partial charge in [0.15, 0.2) is 0 Å². The van der Waals surface area contributed by atoms with Crippen LogP contribution < -0.4 is 0 Å². The normalized spacial score (nSPS) is 17.1. The van der Waals surface area contributed by atoms with Crippen LogP contribution in [-0.4, -0.2) is 35.0 Å². The highest BCUT2D eigenvalue weighted by molar-refractivity contribution is 5.93. The molecule has 0 aromatic carbocycles. The maximum atomic E-state index is 11.3. The van der Waals surface area contributed by atoms with Gasteiger partial charge < -0.3 is 10.0 Å². The van der Waals surface area contributed by atoms with Crippen LogP contribution >= 0.6 is 0 Å². The Morgan fingerprint density at radius 3 is 2.36 bits per heavy atom. The molecule has 0 unspecified atom stereocenters. The van der Waals surface area contributed by atoms with Crippen molar-refractivity contribution < 1.29 is 14.7 Å². The maximum absolute atomic E-state index is 11.3. The number of carboxylic acid groups (broad SMARTS) is 1. The van der Waals surface area contributed by atoms with Crippen LogP contribution in [0.3, 0.4) is 0 Å². The van der Waals surface area contributed by atoms with Gasteiger partial charge in [0, 0.05) is 13.1 Å². The lowest BCUT2D eigenvalue weighted by atomic mass is 9.97. The van der Waals surface area contributed by atoms with Crippen molar-refractivity contribution in [1.82, 2.24) is 4.90 Å². The zero-order valence-corrected chi connectivity index (χ0v) is 8.12. The third kappa shape index (κ3) is 2.49. The van der Waals surface area contributed by atoms with Gasteiger partial charge in [0.1, 0.15) is 0 Å². The first-order valence-corrected chi connectivity index (χ1v) is 4.59. The number of hydrogen-bond donors (Lipinski definition) is 1. The molecule has 0 aromatic heterocycles. The summed E-state index contributed by atoms with van der Waals surface area (Å²) in [5, 5.41) is 8.74. The van der Waals surface area contributed by atoms with Gasteiger partial charge in [0.25, 0.3) is 5.91 Å². The van der Waals surface area contributed by atoms with Crippen molar-refractivity contribution in [2.24, 2.45) is 5.92 Å². The van der Waals surface area contributed by atoms with Crippen LogP contribution in [0, 0.1) is 17.8 Å². The molecule has 1 aliphatic heterocycles. The molecular weight excluding hydrogens is 182 g/mol. The zero-order chi connectivity index (χ0) is 10.6. The first-order chi connectivity index (χ1) is 6.65. The highest BCUT2D eigenvalue weighted by Crippen LogP contribution is 2.16. The number of nitrogens with zero attached hydrogens (tertiary/aromatic N) is 1. The van der Waals surface area contributed by atoms with Crippen molar-refractivity contribution in [3.63, 3.8) is 0 Å². The van der Waals surface area contributed by atoms with Gasteiger partial charge in [-0.25, -0.2) is 0 Å². The standard InChI is InChI=1S/C10H13NO3/c1-2-3-9(12)11-6-4-8(5-7-11)10(13)14/h8H,4-7H2,1H3,(H,13,14). The molecule has 0 aliphatic carbocycles. The molecule has 0 saturated carbocycles. The van der Waals surface area contributed by atoms with Gasteiger partial charge in [-0.1, -0.05) is 5.92 Å². The molecule has 1 saturated heterocycles. The Kier molecular flexibility index (Phi) is 3.52. The summed E-state index contributed by atoms with van der Waals surface area (Å²) in [6.07, 6.45) is 1.07. The minimum atomic E-state index is -0.765. The summed E-state index contributed by atoms with van der Waals surface area (Å²) >= 11 is 0. The molecule has 0 spiro atoms. The first-order valence-electron chi connectivity index (χ1n) is 4.59. The lowest BCUT2D eigenvalue weighted by Gasteiger charge is -2.28. The molecule has 4 heteroatoms. The van der Waals surface area contributed by atoms with E-state index in [-0.39, 0.29) is 11.8 Å². The van der Waals surface area contributed by atoms with Crippen molar-refractivity contribution in [2.45, 2.75) is 19.8 Å². The second kappa shape index (κ2) is 4.66. The van der Waals surface area contributed by atoms with Gasteiger partial charge in [-0.3, -0.25) is 9.59 Å². The number of aliphatic carboxylic acids is 1. The second-order valence-corrected chi connectivity index (χ2v) is 3.28. The van der Waals surface area contributed by atoms with Crippen LogP contribution in [-0.2, 0) is 9.59 Å². The van der Waals surface area contributed by atoms with Gasteiger partial charge in [-0.2, -0.15) is 0 Å². The molecule has 76 valence electrons. The molecular formula is C10H13NO3.